The van der Waals surface area contributed by atoms with Gasteiger partial charge in [0.25, 0.3) is 0 Å². The largest absolute Gasteiger partial charge is 0.250 e. The Labute approximate surface area is 65.6 Å². The molecule has 0 unspecified atom stereocenters. The minimum absolute atomic E-state index is 0.253. The average molecular weight is 151 g/mol. The van der Waals surface area contributed by atoms with Gasteiger partial charge >= 0.3 is 0 Å². The van der Waals surface area contributed by atoms with E-state index in [9.17, 15) is 4.39 Å². The number of nitrogens with zero attached hydrogens (tertiary/aromatic N) is 1. The summed E-state index contributed by atoms with van der Waals surface area (Å²) in [6.07, 6.45) is 3.57. The van der Waals surface area contributed by atoms with Crippen molar-refractivity contribution >= 4 is 6.21 Å². The molecule has 0 spiro atoms. The van der Waals surface area contributed by atoms with Gasteiger partial charge in [-0.1, -0.05) is 12.7 Å². The molecule has 0 radical (unpaired) electrons. The van der Waals surface area contributed by atoms with Crippen LogP contribution in [0.15, 0.2) is 33.9 Å². The zero-order chi connectivity index (χ0) is 8.27. The van der Waals surface area contributed by atoms with E-state index >= 15 is 0 Å². The first-order valence-electron chi connectivity index (χ1n) is 3.60. The van der Waals surface area contributed by atoms with E-state index in [1.54, 1.807) is 13.0 Å². The molecule has 0 fully saturated rings. The van der Waals surface area contributed by atoms with Crippen LogP contribution in [0.25, 0.3) is 0 Å². The first-order valence-corrected chi connectivity index (χ1v) is 3.60. The fourth-order valence-corrected chi connectivity index (χ4v) is 0.805. The average Bonchev–Trinajstić information content (AvgIpc) is 2.15. The first-order chi connectivity index (χ1) is 5.24. The molecule has 0 saturated heterocycles. The van der Waals surface area contributed by atoms with Gasteiger partial charge < -0.3 is 0 Å². The van der Waals surface area contributed by atoms with Crippen LogP contribution in [0.4, 0.5) is 4.39 Å². The minimum atomic E-state index is -0.253. The molecule has 0 bridgehead atoms. The van der Waals surface area contributed by atoms with Crippen LogP contribution in [0.5, 0.6) is 0 Å². The number of halogens is 1. The highest BCUT2D eigenvalue weighted by Crippen LogP contribution is 2.12. The first kappa shape index (κ1) is 7.96. The molecule has 1 nitrogen and oxygen atoms in total. The highest BCUT2D eigenvalue weighted by Gasteiger charge is 2.00. The molecule has 0 amide bonds. The number of hydrogen-bond donors (Lipinski definition) is 0. The number of hydrogen-bond acceptors (Lipinski definition) is 1. The SMILES string of the molecule is CCC1=C(F)C=NC(C)=C=C1. The van der Waals surface area contributed by atoms with Crippen molar-refractivity contribution in [2.45, 2.75) is 20.3 Å². The summed E-state index contributed by atoms with van der Waals surface area (Å²) >= 11 is 0. The zero-order valence-corrected chi connectivity index (χ0v) is 6.69. The van der Waals surface area contributed by atoms with Crippen LogP contribution in [0.1, 0.15) is 20.3 Å². The smallest absolute Gasteiger partial charge is 0.145 e. The van der Waals surface area contributed by atoms with Crippen LogP contribution in [0.2, 0.25) is 0 Å². The van der Waals surface area contributed by atoms with Crippen molar-refractivity contribution in [2.24, 2.45) is 4.99 Å². The Morgan fingerprint density at radius 3 is 3.00 bits per heavy atom. The van der Waals surface area contributed by atoms with Crippen molar-refractivity contribution in [3.05, 3.63) is 28.9 Å². The molecule has 0 aliphatic carbocycles. The third-order valence-electron chi connectivity index (χ3n) is 1.51. The van der Waals surface area contributed by atoms with Crippen molar-refractivity contribution in [3.8, 4) is 0 Å². The Morgan fingerprint density at radius 2 is 2.36 bits per heavy atom. The van der Waals surface area contributed by atoms with Crippen LogP contribution in [0, 0.1) is 0 Å². The van der Waals surface area contributed by atoms with E-state index in [0.717, 1.165) is 0 Å². The lowest BCUT2D eigenvalue weighted by Crippen LogP contribution is -1.81. The molecule has 11 heavy (non-hydrogen) atoms. The molecule has 0 N–H and O–H groups in total. The lowest BCUT2D eigenvalue weighted by Gasteiger charge is -1.92. The summed E-state index contributed by atoms with van der Waals surface area (Å²) in [7, 11) is 0. The van der Waals surface area contributed by atoms with E-state index in [-0.39, 0.29) is 5.83 Å². The second kappa shape index (κ2) is 3.31. The van der Waals surface area contributed by atoms with Gasteiger partial charge in [-0.15, -0.1) is 0 Å². The van der Waals surface area contributed by atoms with Crippen molar-refractivity contribution in [2.75, 3.05) is 0 Å². The summed E-state index contributed by atoms with van der Waals surface area (Å²) in [5, 5.41) is 0. The van der Waals surface area contributed by atoms with Crippen molar-refractivity contribution < 1.29 is 4.39 Å². The molecule has 1 aliphatic rings. The van der Waals surface area contributed by atoms with Gasteiger partial charge in [-0.25, -0.2) is 4.39 Å². The van der Waals surface area contributed by atoms with Crippen molar-refractivity contribution in [1.82, 2.24) is 0 Å². The van der Waals surface area contributed by atoms with E-state index in [2.05, 4.69) is 10.7 Å². The Balaban J connectivity index is 3.06. The summed E-state index contributed by atoms with van der Waals surface area (Å²) in [5.74, 6) is -0.253. The van der Waals surface area contributed by atoms with Crippen LogP contribution in [0.3, 0.4) is 0 Å². The fraction of sp³-hybridized carbons (Fsp3) is 0.333. The molecule has 0 aromatic heterocycles. The predicted molar refractivity (Wildman–Crippen MR) is 44.2 cm³/mol. The second-order valence-electron chi connectivity index (χ2n) is 2.36. The number of allylic oxidation sites excluding steroid dienone is 3. The maximum Gasteiger partial charge on any atom is 0.145 e. The molecule has 1 heterocycles. The van der Waals surface area contributed by atoms with Gasteiger partial charge in [0.05, 0.1) is 11.9 Å². The fourth-order valence-electron chi connectivity index (χ4n) is 0.805. The van der Waals surface area contributed by atoms with Crippen LogP contribution < -0.4 is 0 Å². The van der Waals surface area contributed by atoms with Gasteiger partial charge in [-0.05, 0) is 25.0 Å². The third-order valence-corrected chi connectivity index (χ3v) is 1.51. The highest BCUT2D eigenvalue weighted by atomic mass is 19.1. The van der Waals surface area contributed by atoms with Gasteiger partial charge in [0, 0.05) is 0 Å². The van der Waals surface area contributed by atoms with Crippen LogP contribution in [-0.4, -0.2) is 6.21 Å². The summed E-state index contributed by atoms with van der Waals surface area (Å²) in [5.41, 5.74) is 4.24. The molecule has 0 aromatic carbocycles. The zero-order valence-electron chi connectivity index (χ0n) is 6.69. The van der Waals surface area contributed by atoms with Gasteiger partial charge in [0.1, 0.15) is 5.83 Å². The van der Waals surface area contributed by atoms with Gasteiger partial charge in [0.2, 0.25) is 0 Å². The quantitative estimate of drug-likeness (QED) is 0.511. The van der Waals surface area contributed by atoms with Crippen molar-refractivity contribution in [3.63, 3.8) is 0 Å². The molecular formula is C9H10FN. The topological polar surface area (TPSA) is 12.4 Å². The van der Waals surface area contributed by atoms with E-state index in [4.69, 9.17) is 0 Å². The van der Waals surface area contributed by atoms with Gasteiger partial charge in [0.15, 0.2) is 0 Å². The summed E-state index contributed by atoms with van der Waals surface area (Å²) in [4.78, 5) is 3.82. The summed E-state index contributed by atoms with van der Waals surface area (Å²) < 4.78 is 12.9. The number of aliphatic imine (C=N–C) groups is 1. The van der Waals surface area contributed by atoms with Gasteiger partial charge in [-0.2, -0.15) is 0 Å². The predicted octanol–water partition coefficient (Wildman–Crippen LogP) is 2.76. The van der Waals surface area contributed by atoms with Crippen LogP contribution in [-0.2, 0) is 0 Å². The maximum atomic E-state index is 12.9. The Bertz CT molecular complexity index is 278. The Hall–Kier alpha value is -1.14. The maximum absolute atomic E-state index is 12.9. The lowest BCUT2D eigenvalue weighted by atomic mass is 10.2. The number of rotatable bonds is 1. The summed E-state index contributed by atoms with van der Waals surface area (Å²) in [6, 6.07) is 0. The van der Waals surface area contributed by atoms with E-state index < -0.39 is 0 Å². The van der Waals surface area contributed by atoms with E-state index in [1.807, 2.05) is 6.92 Å². The van der Waals surface area contributed by atoms with Crippen LogP contribution >= 0.6 is 0 Å². The van der Waals surface area contributed by atoms with E-state index in [0.29, 0.717) is 17.7 Å². The molecule has 0 saturated carbocycles. The van der Waals surface area contributed by atoms with E-state index in [1.165, 1.54) is 6.21 Å². The molecule has 1 rings (SSSR count). The molecular weight excluding hydrogens is 141 g/mol. The lowest BCUT2D eigenvalue weighted by molar-refractivity contribution is 0.672. The summed E-state index contributed by atoms with van der Waals surface area (Å²) in [6.45, 7) is 3.69. The standard InChI is InChI=1S/C9H10FN/c1-3-8-5-4-7(2)11-6-9(8)10/h5-6H,3H2,1-2H3. The minimum Gasteiger partial charge on any atom is -0.250 e. The molecule has 0 aromatic rings. The molecule has 58 valence electrons. The normalized spacial score (nSPS) is 16.8. The van der Waals surface area contributed by atoms with Gasteiger partial charge in [-0.3, -0.25) is 4.99 Å². The molecule has 0 atom stereocenters. The second-order valence-corrected chi connectivity index (χ2v) is 2.36. The molecule has 1 aliphatic heterocycles. The Kier molecular flexibility index (Phi) is 2.40. The third kappa shape index (κ3) is 1.89. The highest BCUT2D eigenvalue weighted by molar-refractivity contribution is 5.79. The monoisotopic (exact) mass is 151 g/mol. The molecule has 2 heteroatoms. The Morgan fingerprint density at radius 1 is 1.64 bits per heavy atom. The van der Waals surface area contributed by atoms with Crippen molar-refractivity contribution in [1.29, 1.82) is 0 Å².